The average molecular weight is 417 g/mol. The summed E-state index contributed by atoms with van der Waals surface area (Å²) in [4.78, 5) is 30.0. The standard InChI is InChI=1S/C25H21ClN2O2/c1-16-9-12-18(13-10-16)22-23(27(3)19-7-5-4-6-8-19)25(30)28(24(22)29)20-14-11-17(2)21(26)15-20/h4-15H,1-3H3. The van der Waals surface area contributed by atoms with Crippen molar-refractivity contribution >= 4 is 40.4 Å². The minimum absolute atomic E-state index is 0.340. The van der Waals surface area contributed by atoms with Gasteiger partial charge in [-0.25, -0.2) is 4.90 Å². The molecule has 150 valence electrons. The molecule has 0 spiro atoms. The van der Waals surface area contributed by atoms with Gasteiger partial charge in [0.05, 0.1) is 11.3 Å². The molecule has 4 rings (SSSR count). The van der Waals surface area contributed by atoms with E-state index in [1.54, 1.807) is 24.1 Å². The number of imide groups is 1. The van der Waals surface area contributed by atoms with Crippen molar-refractivity contribution in [1.82, 2.24) is 0 Å². The molecule has 4 nitrogen and oxygen atoms in total. The summed E-state index contributed by atoms with van der Waals surface area (Å²) in [6, 6.07) is 22.4. The molecule has 0 atom stereocenters. The van der Waals surface area contributed by atoms with Crippen LogP contribution in [0.15, 0.2) is 78.5 Å². The molecule has 0 aromatic heterocycles. The molecular weight excluding hydrogens is 396 g/mol. The van der Waals surface area contributed by atoms with E-state index in [1.807, 2.05) is 74.5 Å². The molecule has 2 amide bonds. The molecule has 0 aliphatic carbocycles. The Morgan fingerprint density at radius 1 is 0.833 bits per heavy atom. The Bertz CT molecular complexity index is 1170. The molecule has 3 aromatic carbocycles. The normalized spacial score (nSPS) is 13.9. The average Bonchev–Trinajstić information content (AvgIpc) is 3.01. The van der Waals surface area contributed by atoms with Gasteiger partial charge in [0.2, 0.25) is 0 Å². The largest absolute Gasteiger partial charge is 0.339 e. The lowest BCUT2D eigenvalue weighted by atomic mass is 10.0. The van der Waals surface area contributed by atoms with E-state index in [1.165, 1.54) is 4.90 Å². The van der Waals surface area contributed by atoms with E-state index in [0.29, 0.717) is 27.5 Å². The van der Waals surface area contributed by atoms with E-state index >= 15 is 0 Å². The van der Waals surface area contributed by atoms with Crippen LogP contribution in [0, 0.1) is 13.8 Å². The molecule has 0 radical (unpaired) electrons. The number of benzene rings is 3. The van der Waals surface area contributed by atoms with Crippen molar-refractivity contribution in [3.63, 3.8) is 0 Å². The summed E-state index contributed by atoms with van der Waals surface area (Å²) in [6.07, 6.45) is 0. The van der Waals surface area contributed by atoms with E-state index in [-0.39, 0.29) is 11.8 Å². The molecule has 30 heavy (non-hydrogen) atoms. The summed E-state index contributed by atoms with van der Waals surface area (Å²) in [6.45, 7) is 3.86. The Morgan fingerprint density at radius 2 is 1.50 bits per heavy atom. The van der Waals surface area contributed by atoms with E-state index < -0.39 is 0 Å². The number of hydrogen-bond donors (Lipinski definition) is 0. The number of nitrogens with zero attached hydrogens (tertiary/aromatic N) is 2. The highest BCUT2D eigenvalue weighted by atomic mass is 35.5. The summed E-state index contributed by atoms with van der Waals surface area (Å²) >= 11 is 6.28. The molecule has 5 heteroatoms. The topological polar surface area (TPSA) is 40.6 Å². The van der Waals surface area contributed by atoms with Crippen molar-refractivity contribution in [2.75, 3.05) is 16.8 Å². The third kappa shape index (κ3) is 3.40. The van der Waals surface area contributed by atoms with Gasteiger partial charge in [-0.15, -0.1) is 0 Å². The predicted molar refractivity (Wildman–Crippen MR) is 122 cm³/mol. The Morgan fingerprint density at radius 3 is 2.13 bits per heavy atom. The maximum atomic E-state index is 13.5. The van der Waals surface area contributed by atoms with E-state index in [0.717, 1.165) is 16.8 Å². The Labute approximate surface area is 181 Å². The molecule has 0 saturated heterocycles. The number of carbonyl (C=O) groups is 2. The van der Waals surface area contributed by atoms with Crippen LogP contribution in [0.25, 0.3) is 5.57 Å². The van der Waals surface area contributed by atoms with Crippen LogP contribution in [0.3, 0.4) is 0 Å². The van der Waals surface area contributed by atoms with Gasteiger partial charge in [-0.05, 0) is 49.2 Å². The van der Waals surface area contributed by atoms with Crippen molar-refractivity contribution < 1.29 is 9.59 Å². The van der Waals surface area contributed by atoms with Crippen molar-refractivity contribution in [1.29, 1.82) is 0 Å². The van der Waals surface area contributed by atoms with Gasteiger partial charge in [0.15, 0.2) is 0 Å². The van der Waals surface area contributed by atoms with Crippen LogP contribution in [-0.2, 0) is 9.59 Å². The minimum Gasteiger partial charge on any atom is -0.339 e. The van der Waals surface area contributed by atoms with E-state index in [4.69, 9.17) is 11.6 Å². The summed E-state index contributed by atoms with van der Waals surface area (Å²) in [7, 11) is 1.80. The molecule has 0 bridgehead atoms. The van der Waals surface area contributed by atoms with Crippen molar-refractivity contribution in [3.8, 4) is 0 Å². The minimum atomic E-state index is -0.373. The quantitative estimate of drug-likeness (QED) is 0.536. The van der Waals surface area contributed by atoms with E-state index in [2.05, 4.69) is 0 Å². The van der Waals surface area contributed by atoms with Gasteiger partial charge >= 0.3 is 0 Å². The molecule has 0 N–H and O–H groups in total. The number of halogens is 1. The number of hydrogen-bond acceptors (Lipinski definition) is 3. The van der Waals surface area contributed by atoms with Crippen molar-refractivity contribution in [3.05, 3.63) is 100 Å². The molecule has 3 aromatic rings. The molecule has 1 aliphatic heterocycles. The Hall–Kier alpha value is -3.37. The lowest BCUT2D eigenvalue weighted by molar-refractivity contribution is -0.120. The third-order valence-electron chi connectivity index (χ3n) is 5.29. The Kier molecular flexibility index (Phi) is 5.18. The van der Waals surface area contributed by atoms with Crippen LogP contribution in [0.5, 0.6) is 0 Å². The maximum absolute atomic E-state index is 13.5. The number of carbonyl (C=O) groups excluding carboxylic acids is 2. The zero-order valence-corrected chi connectivity index (χ0v) is 17.8. The fourth-order valence-corrected chi connectivity index (χ4v) is 3.72. The van der Waals surface area contributed by atoms with E-state index in [9.17, 15) is 9.59 Å². The fourth-order valence-electron chi connectivity index (χ4n) is 3.55. The molecule has 0 saturated carbocycles. The molecular formula is C25H21ClN2O2. The summed E-state index contributed by atoms with van der Waals surface area (Å²) < 4.78 is 0. The fraction of sp³-hybridized carbons (Fsp3) is 0.120. The molecule has 0 fully saturated rings. The molecule has 1 aliphatic rings. The zero-order chi connectivity index (χ0) is 21.4. The smallest absolute Gasteiger partial charge is 0.282 e. The zero-order valence-electron chi connectivity index (χ0n) is 17.0. The molecule has 0 unspecified atom stereocenters. The first-order chi connectivity index (χ1) is 14.4. The van der Waals surface area contributed by atoms with Gasteiger partial charge in [0, 0.05) is 17.8 Å². The first kappa shape index (κ1) is 19.9. The highest BCUT2D eigenvalue weighted by molar-refractivity contribution is 6.46. The monoisotopic (exact) mass is 416 g/mol. The number of likely N-dealkylation sites (N-methyl/N-ethyl adjacent to an activating group) is 1. The van der Waals surface area contributed by atoms with Gasteiger partial charge in [0.25, 0.3) is 11.8 Å². The van der Waals surface area contributed by atoms with Crippen LogP contribution >= 0.6 is 11.6 Å². The Balaban J connectivity index is 1.88. The number of para-hydroxylation sites is 1. The lowest BCUT2D eigenvalue weighted by Crippen LogP contribution is -2.34. The third-order valence-corrected chi connectivity index (χ3v) is 5.70. The number of anilines is 2. The summed E-state index contributed by atoms with van der Waals surface area (Å²) in [5.74, 6) is -0.733. The highest BCUT2D eigenvalue weighted by Crippen LogP contribution is 2.37. The molecule has 1 heterocycles. The van der Waals surface area contributed by atoms with Gasteiger partial charge < -0.3 is 4.90 Å². The van der Waals surface area contributed by atoms with Crippen LogP contribution in [0.1, 0.15) is 16.7 Å². The van der Waals surface area contributed by atoms with Gasteiger partial charge in [-0.2, -0.15) is 0 Å². The van der Waals surface area contributed by atoms with Gasteiger partial charge in [-0.1, -0.05) is 65.7 Å². The number of aryl methyl sites for hydroxylation is 2. The lowest BCUT2D eigenvalue weighted by Gasteiger charge is -2.21. The first-order valence-corrected chi connectivity index (χ1v) is 10.0. The second-order valence-electron chi connectivity index (χ2n) is 7.36. The van der Waals surface area contributed by atoms with Crippen molar-refractivity contribution in [2.24, 2.45) is 0 Å². The van der Waals surface area contributed by atoms with Gasteiger partial charge in [0.1, 0.15) is 5.70 Å². The summed E-state index contributed by atoms with van der Waals surface area (Å²) in [5.41, 5.74) is 4.67. The maximum Gasteiger partial charge on any atom is 0.282 e. The summed E-state index contributed by atoms with van der Waals surface area (Å²) in [5, 5.41) is 0.509. The second-order valence-corrected chi connectivity index (χ2v) is 7.77. The van der Waals surface area contributed by atoms with Crippen molar-refractivity contribution in [2.45, 2.75) is 13.8 Å². The SMILES string of the molecule is Cc1ccc(C2=C(N(C)c3ccccc3)C(=O)N(c3ccc(C)c(Cl)c3)C2=O)cc1. The first-order valence-electron chi connectivity index (χ1n) is 9.63. The van der Waals surface area contributed by atoms with Crippen LogP contribution in [0.4, 0.5) is 11.4 Å². The highest BCUT2D eigenvalue weighted by Gasteiger charge is 2.42. The predicted octanol–water partition coefficient (Wildman–Crippen LogP) is 5.38. The van der Waals surface area contributed by atoms with Gasteiger partial charge in [-0.3, -0.25) is 9.59 Å². The van der Waals surface area contributed by atoms with Crippen LogP contribution in [0.2, 0.25) is 5.02 Å². The number of rotatable bonds is 4. The van der Waals surface area contributed by atoms with Crippen LogP contribution in [-0.4, -0.2) is 18.9 Å². The number of amides is 2. The van der Waals surface area contributed by atoms with Crippen LogP contribution < -0.4 is 9.80 Å². The second kappa shape index (κ2) is 7.81.